The predicted octanol–water partition coefficient (Wildman–Crippen LogP) is 3.56. The predicted molar refractivity (Wildman–Crippen MR) is 109 cm³/mol. The molecule has 0 bridgehead atoms. The van der Waals surface area contributed by atoms with E-state index in [0.29, 0.717) is 0 Å². The second-order valence-electron chi connectivity index (χ2n) is 7.10. The summed E-state index contributed by atoms with van der Waals surface area (Å²) >= 11 is 0. The molecule has 10 heteroatoms. The normalized spacial score (nSPS) is 12.4. The number of benzene rings is 2. The van der Waals surface area contributed by atoms with Gasteiger partial charge in [0.05, 0.1) is 16.9 Å². The van der Waals surface area contributed by atoms with E-state index >= 15 is 0 Å². The number of carbonyl (C=O) groups excluding carboxylic acids is 1. The minimum atomic E-state index is -4.53. The third-order valence-corrected chi connectivity index (χ3v) is 4.66. The number of aliphatic hydroxyl groups excluding tert-OH is 1. The number of aromatic nitrogens is 2. The van der Waals surface area contributed by atoms with Crippen molar-refractivity contribution in [3.05, 3.63) is 81.9 Å². The Morgan fingerprint density at radius 3 is 2.44 bits per heavy atom. The molecule has 2 N–H and O–H groups in total. The van der Waals surface area contributed by atoms with Gasteiger partial charge in [0, 0.05) is 18.2 Å². The molecule has 0 aliphatic rings. The number of nitrogens with one attached hydrogen (secondary N) is 1. The van der Waals surface area contributed by atoms with Crippen LogP contribution < -0.4 is 10.9 Å². The highest BCUT2D eigenvalue weighted by Crippen LogP contribution is 2.30. The van der Waals surface area contributed by atoms with E-state index in [-0.39, 0.29) is 35.5 Å². The van der Waals surface area contributed by atoms with Crippen LogP contribution in [0.1, 0.15) is 29.3 Å². The SMILES string of the molecule is C[C@@H](CCO)NC(=O)c1cc(-c2ccc(C(F)(F)F)cc2)nn(-c2cccc(F)c2)c1=O. The van der Waals surface area contributed by atoms with Crippen molar-refractivity contribution in [2.75, 3.05) is 6.61 Å². The zero-order valence-electron chi connectivity index (χ0n) is 16.9. The third-order valence-electron chi connectivity index (χ3n) is 4.66. The number of carbonyl (C=O) groups is 1. The van der Waals surface area contributed by atoms with E-state index in [2.05, 4.69) is 10.4 Å². The summed E-state index contributed by atoms with van der Waals surface area (Å²) in [5.74, 6) is -1.39. The van der Waals surface area contributed by atoms with Crippen LogP contribution in [0, 0.1) is 5.82 Å². The topological polar surface area (TPSA) is 84.2 Å². The Morgan fingerprint density at radius 2 is 1.84 bits per heavy atom. The molecule has 32 heavy (non-hydrogen) atoms. The summed E-state index contributed by atoms with van der Waals surface area (Å²) in [6, 6.07) is 9.74. The van der Waals surface area contributed by atoms with Gasteiger partial charge in [-0.2, -0.15) is 23.0 Å². The molecule has 1 heterocycles. The van der Waals surface area contributed by atoms with Crippen molar-refractivity contribution in [1.29, 1.82) is 0 Å². The van der Waals surface area contributed by atoms with Crippen molar-refractivity contribution >= 4 is 5.91 Å². The molecule has 0 spiro atoms. The van der Waals surface area contributed by atoms with Gasteiger partial charge >= 0.3 is 6.18 Å². The standard InChI is InChI=1S/C22H19F4N3O3/c1-13(9-10-30)27-20(31)18-12-19(14-5-7-15(8-6-14)22(24,25)26)28-29(21(18)32)17-4-2-3-16(23)11-17/h2-8,11-13,30H,9-10H2,1H3,(H,27,31)/t13-/m0/s1. The van der Waals surface area contributed by atoms with Gasteiger partial charge in [0.2, 0.25) is 0 Å². The van der Waals surface area contributed by atoms with E-state index in [4.69, 9.17) is 5.11 Å². The number of halogens is 4. The maximum absolute atomic E-state index is 13.7. The van der Waals surface area contributed by atoms with Gasteiger partial charge in [0.1, 0.15) is 11.4 Å². The first-order chi connectivity index (χ1) is 15.1. The molecule has 0 saturated heterocycles. The molecule has 168 valence electrons. The van der Waals surface area contributed by atoms with Crippen molar-refractivity contribution in [3.63, 3.8) is 0 Å². The van der Waals surface area contributed by atoms with Gasteiger partial charge in [0.15, 0.2) is 0 Å². The molecule has 1 aromatic heterocycles. The lowest BCUT2D eigenvalue weighted by atomic mass is 10.1. The molecule has 0 aliphatic heterocycles. The maximum atomic E-state index is 13.7. The molecule has 0 saturated carbocycles. The van der Waals surface area contributed by atoms with E-state index in [1.807, 2.05) is 0 Å². The Morgan fingerprint density at radius 1 is 1.16 bits per heavy atom. The van der Waals surface area contributed by atoms with Crippen LogP contribution in [-0.4, -0.2) is 33.4 Å². The number of hydrogen-bond donors (Lipinski definition) is 2. The monoisotopic (exact) mass is 449 g/mol. The van der Waals surface area contributed by atoms with Crippen LogP contribution in [0.15, 0.2) is 59.4 Å². The number of aliphatic hydroxyl groups is 1. The molecule has 2 aromatic carbocycles. The average Bonchev–Trinajstić information content (AvgIpc) is 2.73. The molecular weight excluding hydrogens is 430 g/mol. The van der Waals surface area contributed by atoms with Gasteiger partial charge in [0.25, 0.3) is 11.5 Å². The van der Waals surface area contributed by atoms with Crippen LogP contribution in [0.5, 0.6) is 0 Å². The molecule has 1 atom stereocenters. The quantitative estimate of drug-likeness (QED) is 0.564. The summed E-state index contributed by atoms with van der Waals surface area (Å²) in [4.78, 5) is 25.7. The minimum Gasteiger partial charge on any atom is -0.396 e. The largest absolute Gasteiger partial charge is 0.416 e. The van der Waals surface area contributed by atoms with Crippen LogP contribution in [0.25, 0.3) is 16.9 Å². The molecule has 3 aromatic rings. The van der Waals surface area contributed by atoms with Crippen LogP contribution in [0.3, 0.4) is 0 Å². The highest BCUT2D eigenvalue weighted by Gasteiger charge is 2.30. The fraction of sp³-hybridized carbons (Fsp3) is 0.227. The lowest BCUT2D eigenvalue weighted by molar-refractivity contribution is -0.137. The van der Waals surface area contributed by atoms with E-state index in [9.17, 15) is 27.2 Å². The number of hydrogen-bond acceptors (Lipinski definition) is 4. The molecule has 0 radical (unpaired) electrons. The van der Waals surface area contributed by atoms with Crippen molar-refractivity contribution in [1.82, 2.24) is 15.1 Å². The zero-order chi connectivity index (χ0) is 23.5. The summed E-state index contributed by atoms with van der Waals surface area (Å²) in [7, 11) is 0. The Balaban J connectivity index is 2.14. The van der Waals surface area contributed by atoms with Gasteiger partial charge in [-0.15, -0.1) is 0 Å². The fourth-order valence-electron chi connectivity index (χ4n) is 2.98. The second-order valence-corrected chi connectivity index (χ2v) is 7.10. The zero-order valence-corrected chi connectivity index (χ0v) is 16.9. The summed E-state index contributed by atoms with van der Waals surface area (Å²) in [5, 5.41) is 15.7. The Hall–Kier alpha value is -3.53. The molecule has 0 aliphatic carbocycles. The Kier molecular flexibility index (Phi) is 6.73. The lowest BCUT2D eigenvalue weighted by Crippen LogP contribution is -2.38. The first kappa shape index (κ1) is 23.1. The second kappa shape index (κ2) is 9.31. The van der Waals surface area contributed by atoms with E-state index in [0.717, 1.165) is 22.9 Å². The number of amides is 1. The van der Waals surface area contributed by atoms with E-state index in [1.165, 1.54) is 36.4 Å². The lowest BCUT2D eigenvalue weighted by Gasteiger charge is -2.15. The van der Waals surface area contributed by atoms with Gasteiger partial charge in [-0.25, -0.2) is 4.39 Å². The van der Waals surface area contributed by atoms with Crippen molar-refractivity contribution in [3.8, 4) is 16.9 Å². The summed E-state index contributed by atoms with van der Waals surface area (Å²) in [6.45, 7) is 1.46. The minimum absolute atomic E-state index is 0.0428. The number of alkyl halides is 3. The number of rotatable bonds is 6. The summed E-state index contributed by atoms with van der Waals surface area (Å²) in [6.07, 6.45) is -4.28. The molecular formula is C22H19F4N3O3. The molecule has 0 unspecified atom stereocenters. The molecule has 0 fully saturated rings. The molecule has 1 amide bonds. The highest BCUT2D eigenvalue weighted by molar-refractivity contribution is 5.95. The number of nitrogens with zero attached hydrogens (tertiary/aromatic N) is 2. The molecule has 6 nitrogen and oxygen atoms in total. The van der Waals surface area contributed by atoms with Crippen molar-refractivity contribution in [2.24, 2.45) is 0 Å². The Labute approximate surface area is 180 Å². The van der Waals surface area contributed by atoms with Gasteiger partial charge < -0.3 is 10.4 Å². The van der Waals surface area contributed by atoms with E-state index in [1.54, 1.807) is 6.92 Å². The van der Waals surface area contributed by atoms with Crippen LogP contribution >= 0.6 is 0 Å². The van der Waals surface area contributed by atoms with Crippen LogP contribution in [-0.2, 0) is 6.18 Å². The fourth-order valence-corrected chi connectivity index (χ4v) is 2.98. The van der Waals surface area contributed by atoms with Gasteiger partial charge in [-0.1, -0.05) is 18.2 Å². The highest BCUT2D eigenvalue weighted by atomic mass is 19.4. The summed E-state index contributed by atoms with van der Waals surface area (Å²) < 4.78 is 53.2. The first-order valence-electron chi connectivity index (χ1n) is 9.60. The summed E-state index contributed by atoms with van der Waals surface area (Å²) in [5.41, 5.74) is -1.72. The average molecular weight is 449 g/mol. The van der Waals surface area contributed by atoms with E-state index < -0.39 is 35.1 Å². The first-order valence-corrected chi connectivity index (χ1v) is 9.60. The Bertz CT molecular complexity index is 1170. The van der Waals surface area contributed by atoms with Crippen molar-refractivity contribution < 1.29 is 27.5 Å². The van der Waals surface area contributed by atoms with Crippen molar-refractivity contribution in [2.45, 2.75) is 25.6 Å². The van der Waals surface area contributed by atoms with Crippen LogP contribution in [0.2, 0.25) is 0 Å². The maximum Gasteiger partial charge on any atom is 0.416 e. The third kappa shape index (κ3) is 5.20. The van der Waals surface area contributed by atoms with Gasteiger partial charge in [-0.3, -0.25) is 9.59 Å². The molecule has 3 rings (SSSR count). The smallest absolute Gasteiger partial charge is 0.396 e. The van der Waals surface area contributed by atoms with Gasteiger partial charge in [-0.05, 0) is 49.7 Å². The van der Waals surface area contributed by atoms with Crippen LogP contribution in [0.4, 0.5) is 17.6 Å².